The molecule has 7 aliphatic rings. The topological polar surface area (TPSA) is 6.48 Å². The molecule has 4 bridgehead atoms. The lowest BCUT2D eigenvalue weighted by Crippen LogP contribution is -2.61. The van der Waals surface area contributed by atoms with Crippen molar-refractivity contribution >= 4 is 67.9 Å². The van der Waals surface area contributed by atoms with Crippen LogP contribution in [0.3, 0.4) is 0 Å². The zero-order valence-corrected chi connectivity index (χ0v) is 40.8. The van der Waals surface area contributed by atoms with Gasteiger partial charge in [0.05, 0.1) is 16.8 Å². The molecule has 0 spiro atoms. The second-order valence-electron chi connectivity index (χ2n) is 24.6. The van der Waals surface area contributed by atoms with Gasteiger partial charge in [-0.25, -0.2) is 0 Å². The molecule has 346 valence electrons. The molecular weight excluding hydrogens is 857 g/mol. The fourth-order valence-electron chi connectivity index (χ4n) is 13.7. The normalized spacial score (nSPS) is 24.8. The standard InChI is InChI=1S/C56H61BF6N2S/c1-50(2,3)34-11-14-39(15-12-34)64-42-16-13-35(51(4,5)6)25-41(42)57-46-43(64)26-36(54-28-31-19-32(29-54)21-33(20-31)30-54)27-44(46)65(40-23-37(55(58,59)60)22-38(24-40)56(61,62)63)47-45-48(66-49(47)57)53(9,10)18-17-52(45,7)8/h11-16,22-27,31-33H,17-21,28-30H2,1-10H3. The molecule has 10 heteroatoms. The van der Waals surface area contributed by atoms with E-state index in [2.05, 4.69) is 129 Å². The van der Waals surface area contributed by atoms with Gasteiger partial charge in [-0.15, -0.1) is 0 Å². The molecule has 0 atom stereocenters. The van der Waals surface area contributed by atoms with Crippen molar-refractivity contribution in [1.29, 1.82) is 0 Å². The molecule has 0 N–H and O–H groups in total. The van der Waals surface area contributed by atoms with Gasteiger partial charge in [-0.1, -0.05) is 93.5 Å². The highest BCUT2D eigenvalue weighted by molar-refractivity contribution is 7.29. The number of alkyl halides is 6. The van der Waals surface area contributed by atoms with E-state index in [4.69, 9.17) is 0 Å². The number of nitrogens with zero attached hydrogens (tertiary/aromatic N) is 2. The minimum absolute atomic E-state index is 0.0837. The molecule has 4 aromatic carbocycles. The van der Waals surface area contributed by atoms with Gasteiger partial charge in [0.2, 0.25) is 0 Å². The van der Waals surface area contributed by atoms with E-state index in [1.807, 2.05) is 4.90 Å². The minimum Gasteiger partial charge on any atom is -0.311 e. The Bertz CT molecular complexity index is 2750. The van der Waals surface area contributed by atoms with Crippen molar-refractivity contribution in [1.82, 2.24) is 0 Å². The molecule has 5 aromatic rings. The van der Waals surface area contributed by atoms with E-state index in [-0.39, 0.29) is 40.1 Å². The molecule has 2 aliphatic heterocycles. The summed E-state index contributed by atoms with van der Waals surface area (Å²) in [6.45, 7) is 21.9. The fourth-order valence-corrected chi connectivity index (χ4v) is 15.5. The maximum absolute atomic E-state index is 15.1. The lowest BCUT2D eigenvalue weighted by Gasteiger charge is -2.57. The predicted octanol–water partition coefficient (Wildman–Crippen LogP) is 15.3. The molecule has 0 unspecified atom stereocenters. The zero-order valence-electron chi connectivity index (χ0n) is 40.0. The Kier molecular flexibility index (Phi) is 9.39. The number of hydrogen-bond acceptors (Lipinski definition) is 3. The van der Waals surface area contributed by atoms with E-state index in [0.717, 1.165) is 93.8 Å². The number of thiophene rings is 1. The number of benzene rings is 4. The summed E-state index contributed by atoms with van der Waals surface area (Å²) in [5.74, 6) is 1.84. The van der Waals surface area contributed by atoms with Crippen LogP contribution in [-0.4, -0.2) is 6.71 Å². The first-order chi connectivity index (χ1) is 30.6. The van der Waals surface area contributed by atoms with Crippen LogP contribution < -0.4 is 25.5 Å². The first-order valence-electron chi connectivity index (χ1n) is 24.1. The average molecular weight is 919 g/mol. The van der Waals surface area contributed by atoms with Crippen molar-refractivity contribution in [2.24, 2.45) is 17.8 Å². The van der Waals surface area contributed by atoms with E-state index < -0.39 is 28.9 Å². The third kappa shape index (κ3) is 6.77. The monoisotopic (exact) mass is 918 g/mol. The summed E-state index contributed by atoms with van der Waals surface area (Å²) >= 11 is 1.73. The predicted molar refractivity (Wildman–Crippen MR) is 261 cm³/mol. The summed E-state index contributed by atoms with van der Waals surface area (Å²) in [4.78, 5) is 5.42. The van der Waals surface area contributed by atoms with Crippen LogP contribution in [0.5, 0.6) is 0 Å². The van der Waals surface area contributed by atoms with Crippen LogP contribution in [0.25, 0.3) is 0 Å². The minimum atomic E-state index is -5.01. The van der Waals surface area contributed by atoms with Crippen LogP contribution in [0.1, 0.15) is 159 Å². The van der Waals surface area contributed by atoms with Crippen LogP contribution in [0.4, 0.5) is 60.5 Å². The van der Waals surface area contributed by atoms with E-state index in [0.29, 0.717) is 23.4 Å². The van der Waals surface area contributed by atoms with Crippen LogP contribution in [0.2, 0.25) is 0 Å². The van der Waals surface area contributed by atoms with Crippen molar-refractivity contribution in [3.63, 3.8) is 0 Å². The first-order valence-corrected chi connectivity index (χ1v) is 25.0. The Hall–Kier alpha value is -4.18. The Morgan fingerprint density at radius 1 is 0.561 bits per heavy atom. The smallest absolute Gasteiger partial charge is 0.311 e. The molecule has 4 saturated carbocycles. The molecule has 4 fully saturated rings. The summed E-state index contributed by atoms with van der Waals surface area (Å²) in [6, 6.07) is 22.5. The van der Waals surface area contributed by atoms with Gasteiger partial charge in [0, 0.05) is 38.1 Å². The van der Waals surface area contributed by atoms with Crippen LogP contribution in [0.15, 0.2) is 72.8 Å². The molecule has 12 rings (SSSR count). The molecule has 5 aliphatic carbocycles. The fraction of sp³-hybridized carbons (Fsp3) is 0.500. The highest BCUT2D eigenvalue weighted by Crippen LogP contribution is 2.63. The zero-order chi connectivity index (χ0) is 47.1. The molecule has 0 radical (unpaired) electrons. The van der Waals surface area contributed by atoms with Crippen molar-refractivity contribution < 1.29 is 26.3 Å². The van der Waals surface area contributed by atoms with Crippen molar-refractivity contribution in [2.45, 2.75) is 160 Å². The number of rotatable bonds is 3. The van der Waals surface area contributed by atoms with Crippen LogP contribution in [0, 0.1) is 17.8 Å². The highest BCUT2D eigenvalue weighted by Gasteiger charge is 2.55. The molecule has 3 heterocycles. The number of fused-ring (bicyclic) bond motifs is 6. The van der Waals surface area contributed by atoms with E-state index in [1.165, 1.54) is 35.3 Å². The van der Waals surface area contributed by atoms with Gasteiger partial charge < -0.3 is 9.80 Å². The summed E-state index contributed by atoms with van der Waals surface area (Å²) in [5.41, 5.74) is 7.28. The van der Waals surface area contributed by atoms with Crippen molar-refractivity contribution in [2.75, 3.05) is 9.80 Å². The maximum Gasteiger partial charge on any atom is 0.416 e. The Morgan fingerprint density at radius 3 is 1.61 bits per heavy atom. The van der Waals surface area contributed by atoms with Gasteiger partial charge in [0.25, 0.3) is 6.71 Å². The lowest BCUT2D eigenvalue weighted by molar-refractivity contribution is -0.143. The average Bonchev–Trinajstić information content (AvgIpc) is 3.63. The SMILES string of the molecule is CC(C)(C)c1ccc(N2c3ccc(C(C)(C)C)cc3B3c4sc5c(c4N(c4cc(C(F)(F)F)cc(C(F)(F)F)c4)c4cc(C67CC8CC(CC(C8)C6)C7)cc2c43)C(C)(C)CCC5(C)C)cc1. The lowest BCUT2D eigenvalue weighted by atomic mass is 9.35. The first kappa shape index (κ1) is 44.3. The molecular formula is C56H61BF6N2S. The van der Waals surface area contributed by atoms with Gasteiger partial charge in [0.1, 0.15) is 0 Å². The quantitative estimate of drug-likeness (QED) is 0.129. The summed E-state index contributed by atoms with van der Waals surface area (Å²) in [7, 11) is 0. The van der Waals surface area contributed by atoms with Crippen LogP contribution in [-0.2, 0) is 39.4 Å². The Morgan fingerprint density at radius 2 is 1.08 bits per heavy atom. The summed E-state index contributed by atoms with van der Waals surface area (Å²) < 4.78 is 91.3. The molecule has 0 amide bonds. The van der Waals surface area contributed by atoms with E-state index in [1.54, 1.807) is 11.3 Å². The van der Waals surface area contributed by atoms with Crippen molar-refractivity contribution in [3.05, 3.63) is 111 Å². The van der Waals surface area contributed by atoms with Crippen LogP contribution >= 0.6 is 11.3 Å². The van der Waals surface area contributed by atoms with Gasteiger partial charge in [0.15, 0.2) is 0 Å². The third-order valence-electron chi connectivity index (χ3n) is 16.9. The van der Waals surface area contributed by atoms with Gasteiger partial charge in [-0.2, -0.15) is 37.7 Å². The van der Waals surface area contributed by atoms with E-state index in [9.17, 15) is 0 Å². The molecule has 0 saturated heterocycles. The molecule has 66 heavy (non-hydrogen) atoms. The molecule has 2 nitrogen and oxygen atoms in total. The largest absolute Gasteiger partial charge is 0.416 e. The second-order valence-corrected chi connectivity index (χ2v) is 25.7. The second kappa shape index (κ2) is 14.0. The number of halogens is 6. The van der Waals surface area contributed by atoms with Gasteiger partial charge in [-0.05, 0) is 178 Å². The summed E-state index contributed by atoms with van der Waals surface area (Å²) in [5, 5.41) is 0. The highest BCUT2D eigenvalue weighted by atomic mass is 32.1. The molecule has 1 aromatic heterocycles. The van der Waals surface area contributed by atoms with Gasteiger partial charge >= 0.3 is 12.4 Å². The third-order valence-corrected chi connectivity index (χ3v) is 18.5. The summed E-state index contributed by atoms with van der Waals surface area (Å²) in [6.07, 6.45) is -1.41. The number of anilines is 6. The Labute approximate surface area is 391 Å². The van der Waals surface area contributed by atoms with Gasteiger partial charge in [-0.3, -0.25) is 0 Å². The Balaban J connectivity index is 1.30. The van der Waals surface area contributed by atoms with Crippen molar-refractivity contribution in [3.8, 4) is 0 Å². The van der Waals surface area contributed by atoms with E-state index >= 15 is 26.3 Å². The number of hydrogen-bond donors (Lipinski definition) is 0. The maximum atomic E-state index is 15.1.